The molecule has 0 atom stereocenters. The molecule has 0 aliphatic heterocycles. The lowest BCUT2D eigenvalue weighted by molar-refractivity contribution is -0.116. The van der Waals surface area contributed by atoms with Crippen LogP contribution in [0.15, 0.2) is 79.5 Å². The maximum Gasteiger partial charge on any atom is 0.238 e. The van der Waals surface area contributed by atoms with Gasteiger partial charge in [0.25, 0.3) is 0 Å². The van der Waals surface area contributed by atoms with Gasteiger partial charge in [0.05, 0.1) is 41.5 Å². The van der Waals surface area contributed by atoms with E-state index in [9.17, 15) is 4.79 Å². The van der Waals surface area contributed by atoms with E-state index in [4.69, 9.17) is 0 Å². The molecule has 0 saturated carbocycles. The first-order valence-corrected chi connectivity index (χ1v) is 11.8. The van der Waals surface area contributed by atoms with Crippen molar-refractivity contribution in [1.82, 2.24) is 35.0 Å². The fraction of sp³-hybridized carbons (Fsp3) is 0.107. The number of likely N-dealkylation sites (N-methyl/N-ethyl adjacent to an activating group) is 1. The zero-order chi connectivity index (χ0) is 25.4. The van der Waals surface area contributed by atoms with Crippen LogP contribution in [0.1, 0.15) is 0 Å². The highest BCUT2D eigenvalue weighted by atomic mass is 16.2. The van der Waals surface area contributed by atoms with Crippen LogP contribution in [0, 0.1) is 0 Å². The number of anilines is 1. The summed E-state index contributed by atoms with van der Waals surface area (Å²) in [5, 5.41) is 12.6. The molecular weight excluding hydrogens is 464 g/mol. The number of fused-ring (bicyclic) bond motifs is 2. The van der Waals surface area contributed by atoms with Crippen molar-refractivity contribution in [3.8, 4) is 33.8 Å². The molecule has 0 fully saturated rings. The van der Waals surface area contributed by atoms with E-state index < -0.39 is 0 Å². The summed E-state index contributed by atoms with van der Waals surface area (Å²) in [4.78, 5) is 30.6. The molecule has 0 unspecified atom stereocenters. The lowest BCUT2D eigenvalue weighted by atomic mass is 10.0. The summed E-state index contributed by atoms with van der Waals surface area (Å²) in [6.07, 6.45) is 8.73. The number of hydrogen-bond acceptors (Lipinski definition) is 6. The predicted molar refractivity (Wildman–Crippen MR) is 145 cm³/mol. The molecule has 0 saturated heterocycles. The van der Waals surface area contributed by atoms with Gasteiger partial charge in [0.15, 0.2) is 0 Å². The minimum absolute atomic E-state index is 0.102. The molecule has 0 aliphatic rings. The summed E-state index contributed by atoms with van der Waals surface area (Å²) in [5.41, 5.74) is 7.96. The van der Waals surface area contributed by atoms with Crippen molar-refractivity contribution in [3.05, 3.63) is 79.5 Å². The van der Waals surface area contributed by atoms with E-state index in [0.717, 1.165) is 55.6 Å². The molecule has 0 aliphatic carbocycles. The number of amides is 1. The second-order valence-electron chi connectivity index (χ2n) is 9.12. The van der Waals surface area contributed by atoms with Gasteiger partial charge in [-0.3, -0.25) is 24.8 Å². The van der Waals surface area contributed by atoms with E-state index >= 15 is 0 Å². The molecular formula is C28H24N8O. The first-order chi connectivity index (χ1) is 18.0. The molecule has 37 heavy (non-hydrogen) atoms. The third-order valence-electron chi connectivity index (χ3n) is 6.14. The molecule has 0 radical (unpaired) electrons. The summed E-state index contributed by atoms with van der Waals surface area (Å²) in [7, 11) is 3.70. The highest BCUT2D eigenvalue weighted by molar-refractivity contribution is 6.01. The Balaban J connectivity index is 1.38. The molecule has 5 aromatic heterocycles. The molecule has 3 N–H and O–H groups in total. The third kappa shape index (κ3) is 4.43. The minimum Gasteiger partial charge on any atom is -0.353 e. The average Bonchev–Trinajstić information content (AvgIpc) is 3.52. The molecule has 6 aromatic rings. The predicted octanol–water partition coefficient (Wildman–Crippen LogP) is 4.73. The van der Waals surface area contributed by atoms with Crippen molar-refractivity contribution in [2.45, 2.75) is 0 Å². The molecule has 6 rings (SSSR count). The minimum atomic E-state index is -0.102. The second-order valence-corrected chi connectivity index (χ2v) is 9.12. The Morgan fingerprint density at radius 1 is 0.919 bits per heavy atom. The van der Waals surface area contributed by atoms with E-state index in [1.807, 2.05) is 49.3 Å². The van der Waals surface area contributed by atoms with E-state index in [1.54, 1.807) is 31.0 Å². The Kier molecular flexibility index (Phi) is 5.66. The first-order valence-electron chi connectivity index (χ1n) is 11.8. The Morgan fingerprint density at radius 2 is 1.78 bits per heavy atom. The van der Waals surface area contributed by atoms with E-state index in [0.29, 0.717) is 12.2 Å². The smallest absolute Gasteiger partial charge is 0.238 e. The highest BCUT2D eigenvalue weighted by Gasteiger charge is 2.15. The normalized spacial score (nSPS) is 11.4. The molecule has 9 nitrogen and oxygen atoms in total. The highest BCUT2D eigenvalue weighted by Crippen LogP contribution is 2.34. The maximum atomic E-state index is 12.2. The van der Waals surface area contributed by atoms with Crippen LogP contribution in [0.4, 0.5) is 5.69 Å². The molecule has 9 heteroatoms. The number of aromatic amines is 2. The Hall–Kier alpha value is -4.89. The second kappa shape index (κ2) is 9.29. The van der Waals surface area contributed by atoms with Crippen LogP contribution in [-0.4, -0.2) is 61.6 Å². The van der Waals surface area contributed by atoms with Gasteiger partial charge in [-0.05, 0) is 61.6 Å². The van der Waals surface area contributed by atoms with Gasteiger partial charge in [-0.15, -0.1) is 0 Å². The van der Waals surface area contributed by atoms with Crippen molar-refractivity contribution in [1.29, 1.82) is 0 Å². The largest absolute Gasteiger partial charge is 0.353 e. The van der Waals surface area contributed by atoms with Gasteiger partial charge in [-0.1, -0.05) is 12.1 Å². The molecule has 1 amide bonds. The van der Waals surface area contributed by atoms with Crippen LogP contribution >= 0.6 is 0 Å². The number of benzene rings is 1. The van der Waals surface area contributed by atoms with Crippen molar-refractivity contribution < 1.29 is 4.79 Å². The molecule has 0 bridgehead atoms. The monoisotopic (exact) mass is 488 g/mol. The van der Waals surface area contributed by atoms with Crippen molar-refractivity contribution in [2.24, 2.45) is 0 Å². The zero-order valence-electron chi connectivity index (χ0n) is 20.4. The van der Waals surface area contributed by atoms with Gasteiger partial charge in [0, 0.05) is 40.4 Å². The van der Waals surface area contributed by atoms with Crippen molar-refractivity contribution in [2.75, 3.05) is 26.0 Å². The Bertz CT molecular complexity index is 1740. The molecule has 0 spiro atoms. The van der Waals surface area contributed by atoms with Crippen molar-refractivity contribution >= 4 is 33.4 Å². The number of pyridine rings is 3. The first kappa shape index (κ1) is 22.6. The number of carbonyl (C=O) groups excluding carboxylic acids is 1. The SMILES string of the molecule is CN(C)CC(=O)Nc1cncc(-c2cc3c(-c4cc5c(-c6ccncc6)cccc5[nH]4)n[nH]c3cn2)c1. The van der Waals surface area contributed by atoms with Crippen LogP contribution in [0.25, 0.3) is 55.6 Å². The van der Waals surface area contributed by atoms with Crippen LogP contribution in [0.5, 0.6) is 0 Å². The fourth-order valence-corrected chi connectivity index (χ4v) is 4.48. The van der Waals surface area contributed by atoms with Gasteiger partial charge < -0.3 is 15.2 Å². The number of hydrogen-bond donors (Lipinski definition) is 3. The van der Waals surface area contributed by atoms with Crippen LogP contribution in [-0.2, 0) is 4.79 Å². The van der Waals surface area contributed by atoms with Gasteiger partial charge in [-0.25, -0.2) is 0 Å². The number of nitrogens with zero attached hydrogens (tertiary/aromatic N) is 5. The van der Waals surface area contributed by atoms with Gasteiger partial charge in [0.2, 0.25) is 5.91 Å². The lowest BCUT2D eigenvalue weighted by Gasteiger charge is -2.10. The summed E-state index contributed by atoms with van der Waals surface area (Å²) in [6, 6.07) is 16.2. The Morgan fingerprint density at radius 3 is 2.62 bits per heavy atom. The molecule has 182 valence electrons. The van der Waals surface area contributed by atoms with E-state index in [-0.39, 0.29) is 5.91 Å². The van der Waals surface area contributed by atoms with Crippen LogP contribution in [0.2, 0.25) is 0 Å². The zero-order valence-corrected chi connectivity index (χ0v) is 20.4. The maximum absolute atomic E-state index is 12.2. The number of rotatable bonds is 6. The quantitative estimate of drug-likeness (QED) is 0.312. The third-order valence-corrected chi connectivity index (χ3v) is 6.14. The van der Waals surface area contributed by atoms with E-state index in [1.165, 1.54) is 0 Å². The van der Waals surface area contributed by atoms with Crippen LogP contribution in [0.3, 0.4) is 0 Å². The Labute approximate surface area is 212 Å². The topological polar surface area (TPSA) is 115 Å². The lowest BCUT2D eigenvalue weighted by Crippen LogP contribution is -2.27. The summed E-state index contributed by atoms with van der Waals surface area (Å²) >= 11 is 0. The van der Waals surface area contributed by atoms with E-state index in [2.05, 4.69) is 53.6 Å². The van der Waals surface area contributed by atoms with Gasteiger partial charge in [-0.2, -0.15) is 5.10 Å². The van der Waals surface area contributed by atoms with Gasteiger partial charge in [0.1, 0.15) is 5.69 Å². The summed E-state index contributed by atoms with van der Waals surface area (Å²) in [5.74, 6) is -0.102. The number of aromatic nitrogens is 6. The van der Waals surface area contributed by atoms with Crippen molar-refractivity contribution in [3.63, 3.8) is 0 Å². The average molecular weight is 489 g/mol. The summed E-state index contributed by atoms with van der Waals surface area (Å²) < 4.78 is 0. The van der Waals surface area contributed by atoms with Crippen LogP contribution < -0.4 is 5.32 Å². The summed E-state index contributed by atoms with van der Waals surface area (Å²) in [6.45, 7) is 0.292. The molecule has 1 aromatic carbocycles. The molecule has 5 heterocycles. The number of carbonyl (C=O) groups is 1. The van der Waals surface area contributed by atoms with Gasteiger partial charge >= 0.3 is 0 Å². The fourth-order valence-electron chi connectivity index (χ4n) is 4.48. The number of H-pyrrole nitrogens is 2. The number of nitrogens with one attached hydrogen (secondary N) is 3. The standard InChI is InChI=1S/C28H24N8O/c1-36(2)16-27(37)32-19-10-18(13-30-14-19)24-12-22-26(15-31-24)34-35-28(22)25-11-21-20(4-3-5-23(21)33-25)17-6-8-29-9-7-17/h3-15,33H,16H2,1-2H3,(H,32,37)(H,34,35).